The summed E-state index contributed by atoms with van der Waals surface area (Å²) in [5.74, 6) is -0.711. The third-order valence-corrected chi connectivity index (χ3v) is 6.69. The summed E-state index contributed by atoms with van der Waals surface area (Å²) >= 11 is 0. The number of nitrogens with zero attached hydrogens (tertiary/aromatic N) is 5. The molecule has 3 heterocycles. The molecule has 1 saturated heterocycles. The van der Waals surface area contributed by atoms with Crippen LogP contribution in [-0.2, 0) is 19.1 Å². The summed E-state index contributed by atoms with van der Waals surface area (Å²) < 4.78 is 6.45. The molecule has 2 aromatic rings. The van der Waals surface area contributed by atoms with Gasteiger partial charge in [-0.05, 0) is 58.4 Å². The number of amides is 4. The Hall–Kier alpha value is -3.83. The fourth-order valence-corrected chi connectivity index (χ4v) is 4.78. The Morgan fingerprint density at radius 3 is 2.42 bits per heavy atom. The van der Waals surface area contributed by atoms with Gasteiger partial charge in [0.1, 0.15) is 17.9 Å². The summed E-state index contributed by atoms with van der Waals surface area (Å²) in [7, 11) is 0. The second-order valence-corrected chi connectivity index (χ2v) is 9.50. The quantitative estimate of drug-likeness (QED) is 0.436. The Morgan fingerprint density at radius 2 is 1.78 bits per heavy atom. The molecular formula is C24H31N7O5. The monoisotopic (exact) mass is 497 g/mol. The highest BCUT2D eigenvalue weighted by Gasteiger charge is 2.52. The predicted molar refractivity (Wildman–Crippen MR) is 128 cm³/mol. The van der Waals surface area contributed by atoms with Crippen LogP contribution in [0.1, 0.15) is 56.1 Å². The van der Waals surface area contributed by atoms with E-state index in [0.29, 0.717) is 36.2 Å². The lowest BCUT2D eigenvalue weighted by atomic mass is 9.75. The van der Waals surface area contributed by atoms with Gasteiger partial charge in [0.15, 0.2) is 6.61 Å². The number of hydrogen-bond acceptors (Lipinski definition) is 8. The average Bonchev–Trinajstić information content (AvgIpc) is 3.29. The zero-order valence-electron chi connectivity index (χ0n) is 21.0. The molecule has 12 heteroatoms. The first-order valence-corrected chi connectivity index (χ1v) is 12.1. The number of aryl methyl sites for hydroxylation is 3. The van der Waals surface area contributed by atoms with Crippen molar-refractivity contribution >= 4 is 29.6 Å². The number of carbonyl (C=O) groups is 4. The maximum atomic E-state index is 13.0. The summed E-state index contributed by atoms with van der Waals surface area (Å²) in [6, 6.07) is 2.85. The third kappa shape index (κ3) is 5.21. The summed E-state index contributed by atoms with van der Waals surface area (Å²) in [6.45, 7) is 6.39. The van der Waals surface area contributed by atoms with Gasteiger partial charge in [-0.1, -0.05) is 13.3 Å². The Kier molecular flexibility index (Phi) is 7.04. The van der Waals surface area contributed by atoms with Crippen molar-refractivity contribution in [2.45, 2.75) is 65.3 Å². The Labute approximate surface area is 208 Å². The van der Waals surface area contributed by atoms with Gasteiger partial charge in [0.2, 0.25) is 0 Å². The maximum absolute atomic E-state index is 13.0. The van der Waals surface area contributed by atoms with Crippen LogP contribution in [0.4, 0.5) is 10.6 Å². The molecule has 12 nitrogen and oxygen atoms in total. The van der Waals surface area contributed by atoms with E-state index >= 15 is 0 Å². The zero-order chi connectivity index (χ0) is 26.0. The molecule has 0 radical (unpaired) electrons. The van der Waals surface area contributed by atoms with Crippen LogP contribution in [-0.4, -0.2) is 67.2 Å². The molecule has 1 saturated carbocycles. The molecule has 2 N–H and O–H groups in total. The van der Waals surface area contributed by atoms with Crippen molar-refractivity contribution < 1.29 is 23.9 Å². The smallest absolute Gasteiger partial charge is 0.326 e. The van der Waals surface area contributed by atoms with Crippen molar-refractivity contribution in [3.05, 3.63) is 29.2 Å². The van der Waals surface area contributed by atoms with Crippen molar-refractivity contribution in [3.8, 4) is 5.95 Å². The van der Waals surface area contributed by atoms with E-state index in [1.165, 1.54) is 4.68 Å². The molecular weight excluding hydrogens is 466 g/mol. The second kappa shape index (κ2) is 10.0. The highest BCUT2D eigenvalue weighted by Crippen LogP contribution is 2.37. The highest BCUT2D eigenvalue weighted by molar-refractivity contribution is 6.08. The number of esters is 1. The van der Waals surface area contributed by atoms with E-state index < -0.39 is 42.5 Å². The second-order valence-electron chi connectivity index (χ2n) is 9.50. The van der Waals surface area contributed by atoms with Crippen LogP contribution in [0.25, 0.3) is 5.95 Å². The van der Waals surface area contributed by atoms with Gasteiger partial charge < -0.3 is 15.4 Å². The first-order chi connectivity index (χ1) is 17.1. The average molecular weight is 498 g/mol. The Morgan fingerprint density at radius 1 is 1.11 bits per heavy atom. The van der Waals surface area contributed by atoms with Crippen LogP contribution in [0.15, 0.2) is 12.1 Å². The van der Waals surface area contributed by atoms with Crippen LogP contribution in [0, 0.1) is 26.7 Å². The predicted octanol–water partition coefficient (Wildman–Crippen LogP) is 1.96. The molecule has 192 valence electrons. The molecule has 1 aliphatic heterocycles. The Bertz CT molecular complexity index is 1180. The van der Waals surface area contributed by atoms with Crippen LogP contribution in [0.2, 0.25) is 0 Å². The van der Waals surface area contributed by atoms with Crippen molar-refractivity contribution in [2.24, 2.45) is 5.92 Å². The molecule has 0 bridgehead atoms. The molecule has 2 fully saturated rings. The van der Waals surface area contributed by atoms with E-state index in [2.05, 4.69) is 32.6 Å². The minimum atomic E-state index is -0.938. The maximum Gasteiger partial charge on any atom is 0.326 e. The highest BCUT2D eigenvalue weighted by atomic mass is 16.5. The number of ether oxygens (including phenoxy) is 1. The number of aromatic nitrogens is 4. The number of rotatable bonds is 7. The Balaban J connectivity index is 1.33. The van der Waals surface area contributed by atoms with Crippen molar-refractivity contribution in [1.82, 2.24) is 30.0 Å². The van der Waals surface area contributed by atoms with E-state index in [1.54, 1.807) is 13.0 Å². The van der Waals surface area contributed by atoms with Crippen molar-refractivity contribution in [1.29, 1.82) is 0 Å². The van der Waals surface area contributed by atoms with Crippen LogP contribution in [0.5, 0.6) is 0 Å². The van der Waals surface area contributed by atoms with Gasteiger partial charge in [-0.3, -0.25) is 19.3 Å². The third-order valence-electron chi connectivity index (χ3n) is 6.69. The molecule has 36 heavy (non-hydrogen) atoms. The van der Waals surface area contributed by atoms with Crippen LogP contribution in [0.3, 0.4) is 0 Å². The molecule has 1 spiro atoms. The van der Waals surface area contributed by atoms with E-state index in [0.717, 1.165) is 35.6 Å². The number of anilines is 1. The van der Waals surface area contributed by atoms with E-state index in [4.69, 9.17) is 4.74 Å². The lowest BCUT2D eigenvalue weighted by molar-refractivity contribution is -0.150. The fourth-order valence-electron chi connectivity index (χ4n) is 4.78. The van der Waals surface area contributed by atoms with Gasteiger partial charge in [-0.15, -0.1) is 0 Å². The number of nitrogens with one attached hydrogen (secondary N) is 2. The summed E-state index contributed by atoms with van der Waals surface area (Å²) in [5, 5.41) is 9.74. The van der Waals surface area contributed by atoms with Crippen LogP contribution < -0.4 is 10.6 Å². The molecule has 2 aromatic heterocycles. The van der Waals surface area contributed by atoms with Gasteiger partial charge in [0.05, 0.1) is 5.69 Å². The van der Waals surface area contributed by atoms with E-state index in [1.807, 2.05) is 19.9 Å². The van der Waals surface area contributed by atoms with Crippen molar-refractivity contribution in [3.63, 3.8) is 0 Å². The zero-order valence-corrected chi connectivity index (χ0v) is 21.0. The molecule has 0 unspecified atom stereocenters. The topological polar surface area (TPSA) is 148 Å². The lowest BCUT2D eigenvalue weighted by Crippen LogP contribution is -2.49. The van der Waals surface area contributed by atoms with Gasteiger partial charge in [-0.25, -0.2) is 14.8 Å². The molecule has 0 atom stereocenters. The molecule has 2 aliphatic rings. The fraction of sp³-hybridized carbons (Fsp3) is 0.542. The molecule has 0 aromatic carbocycles. The molecule has 4 amide bonds. The summed E-state index contributed by atoms with van der Waals surface area (Å²) in [6.07, 6.45) is 3.85. The van der Waals surface area contributed by atoms with Gasteiger partial charge in [0, 0.05) is 17.5 Å². The number of carbonyl (C=O) groups excluding carboxylic acids is 4. The minimum Gasteiger partial charge on any atom is -0.454 e. The largest absolute Gasteiger partial charge is 0.454 e. The van der Waals surface area contributed by atoms with Crippen LogP contribution >= 0.6 is 0 Å². The standard InChI is InChI=1S/C24H31N7O5/c1-5-17-6-8-24(9-7-17)21(34)30(23(35)28-24)12-20(33)36-13-19(32)27-18-11-16(4)29-31(18)22-25-14(2)10-15(3)26-22/h10-11,17H,5-9,12-13H2,1-4H3,(H,27,32)(H,28,35). The van der Waals surface area contributed by atoms with E-state index in [-0.39, 0.29) is 0 Å². The molecule has 1 aliphatic carbocycles. The number of imide groups is 1. The van der Waals surface area contributed by atoms with Gasteiger partial charge in [0.25, 0.3) is 17.8 Å². The van der Waals surface area contributed by atoms with E-state index in [9.17, 15) is 19.2 Å². The minimum absolute atomic E-state index is 0.299. The first-order valence-electron chi connectivity index (χ1n) is 12.1. The summed E-state index contributed by atoms with van der Waals surface area (Å²) in [5.41, 5.74) is 1.19. The SMILES string of the molecule is CCC1CCC2(CC1)NC(=O)N(CC(=O)OCC(=O)Nc1cc(C)nn1-c1nc(C)cc(C)n1)C2=O. The lowest BCUT2D eigenvalue weighted by Gasteiger charge is -2.34. The van der Waals surface area contributed by atoms with Gasteiger partial charge in [-0.2, -0.15) is 9.78 Å². The summed E-state index contributed by atoms with van der Waals surface area (Å²) in [4.78, 5) is 59.8. The van der Waals surface area contributed by atoms with Gasteiger partial charge >= 0.3 is 12.0 Å². The first kappa shape index (κ1) is 25.3. The normalized spacial score (nSPS) is 21.6. The number of hydrogen-bond donors (Lipinski definition) is 2. The van der Waals surface area contributed by atoms with Crippen molar-refractivity contribution in [2.75, 3.05) is 18.5 Å². The number of urea groups is 1. The molecule has 4 rings (SSSR count).